The predicted molar refractivity (Wildman–Crippen MR) is 135 cm³/mol. The normalized spacial score (nSPS) is 15.8. The lowest BCUT2D eigenvalue weighted by atomic mass is 10.0. The average Bonchev–Trinajstić information content (AvgIpc) is 2.77. The van der Waals surface area contributed by atoms with Gasteiger partial charge in [-0.25, -0.2) is 8.78 Å². The summed E-state index contributed by atoms with van der Waals surface area (Å²) in [5.41, 5.74) is 2.59. The Kier molecular flexibility index (Phi) is 9.78. The molecule has 7 heteroatoms. The molecule has 1 aliphatic rings. The van der Waals surface area contributed by atoms with E-state index in [-0.39, 0.29) is 18.4 Å². The second-order valence-electron chi connectivity index (χ2n) is 9.87. The van der Waals surface area contributed by atoms with Crippen molar-refractivity contribution in [3.8, 4) is 0 Å². The van der Waals surface area contributed by atoms with Crippen LogP contribution < -0.4 is 10.2 Å². The molecular formula is C28H37F2N3O2. The van der Waals surface area contributed by atoms with Gasteiger partial charge in [-0.3, -0.25) is 14.5 Å². The number of hydrogen-bond donors (Lipinski definition) is 1. The Morgan fingerprint density at radius 3 is 2.26 bits per heavy atom. The topological polar surface area (TPSA) is 52.7 Å². The third kappa shape index (κ3) is 8.13. The van der Waals surface area contributed by atoms with E-state index in [1.54, 1.807) is 13.0 Å². The Bertz CT molecular complexity index is 1010. The molecule has 3 rings (SSSR count). The van der Waals surface area contributed by atoms with Gasteiger partial charge in [-0.1, -0.05) is 33.1 Å². The molecule has 0 saturated carbocycles. The first-order valence-electron chi connectivity index (χ1n) is 12.6. The van der Waals surface area contributed by atoms with Crippen molar-refractivity contribution >= 4 is 17.5 Å². The van der Waals surface area contributed by atoms with E-state index in [0.717, 1.165) is 49.7 Å². The minimum Gasteiger partial charge on any atom is -0.348 e. The van der Waals surface area contributed by atoms with Gasteiger partial charge in [-0.05, 0) is 66.8 Å². The van der Waals surface area contributed by atoms with Crippen LogP contribution in [0, 0.1) is 17.6 Å². The van der Waals surface area contributed by atoms with E-state index in [4.69, 9.17) is 0 Å². The van der Waals surface area contributed by atoms with Crippen LogP contribution in [0.3, 0.4) is 0 Å². The summed E-state index contributed by atoms with van der Waals surface area (Å²) in [6.45, 7) is 9.19. The zero-order chi connectivity index (χ0) is 25.4. The number of benzene rings is 2. The van der Waals surface area contributed by atoms with Crippen LogP contribution in [0.4, 0.5) is 14.5 Å². The van der Waals surface area contributed by atoms with E-state index < -0.39 is 11.6 Å². The standard InChI is InChI=1S/C28H37F2N3O2/c1-20(2)18-32-11-7-5-4-6-8-12-33(21(3)34)27-10-9-23(15-24(27)19-32)28(35)31-17-22-13-25(29)16-26(30)14-22/h9-10,13-16,20H,4-8,11-12,17-19H2,1-3H3,(H,31,35). The zero-order valence-corrected chi connectivity index (χ0v) is 21.1. The summed E-state index contributed by atoms with van der Waals surface area (Å²) in [5.74, 6) is -1.20. The van der Waals surface area contributed by atoms with Crippen molar-refractivity contribution in [1.82, 2.24) is 10.2 Å². The largest absolute Gasteiger partial charge is 0.348 e. The number of carbonyl (C=O) groups excluding carboxylic acids is 2. The van der Waals surface area contributed by atoms with Gasteiger partial charge in [0.05, 0.1) is 0 Å². The molecule has 0 unspecified atom stereocenters. The first-order chi connectivity index (χ1) is 16.7. The van der Waals surface area contributed by atoms with Crippen molar-refractivity contribution < 1.29 is 18.4 Å². The summed E-state index contributed by atoms with van der Waals surface area (Å²) in [7, 11) is 0. The van der Waals surface area contributed by atoms with Gasteiger partial charge in [0.15, 0.2) is 0 Å². The number of carbonyl (C=O) groups is 2. The van der Waals surface area contributed by atoms with Crippen molar-refractivity contribution in [2.45, 2.75) is 66.0 Å². The van der Waals surface area contributed by atoms with E-state index >= 15 is 0 Å². The van der Waals surface area contributed by atoms with Crippen LogP contribution in [0.15, 0.2) is 36.4 Å². The number of anilines is 1. The first-order valence-corrected chi connectivity index (χ1v) is 12.6. The van der Waals surface area contributed by atoms with Gasteiger partial charge in [0, 0.05) is 50.4 Å². The van der Waals surface area contributed by atoms with Crippen molar-refractivity contribution in [2.24, 2.45) is 5.92 Å². The Labute approximate surface area is 207 Å². The summed E-state index contributed by atoms with van der Waals surface area (Å²) in [4.78, 5) is 29.7. The smallest absolute Gasteiger partial charge is 0.251 e. The van der Waals surface area contributed by atoms with Crippen LogP contribution in [0.1, 0.15) is 74.4 Å². The van der Waals surface area contributed by atoms with Crippen LogP contribution in [0.2, 0.25) is 0 Å². The molecular weight excluding hydrogens is 448 g/mol. The lowest BCUT2D eigenvalue weighted by Gasteiger charge is -2.30. The molecule has 0 saturated heterocycles. The molecule has 1 aliphatic heterocycles. The van der Waals surface area contributed by atoms with E-state index in [1.807, 2.05) is 17.0 Å². The fraction of sp³-hybridized carbons (Fsp3) is 0.500. The van der Waals surface area contributed by atoms with Crippen LogP contribution >= 0.6 is 0 Å². The number of rotatable bonds is 5. The lowest BCUT2D eigenvalue weighted by Crippen LogP contribution is -2.34. The van der Waals surface area contributed by atoms with Gasteiger partial charge >= 0.3 is 0 Å². The fourth-order valence-corrected chi connectivity index (χ4v) is 4.69. The third-order valence-electron chi connectivity index (χ3n) is 6.26. The summed E-state index contributed by atoms with van der Waals surface area (Å²) in [5, 5.41) is 2.76. The molecule has 2 aromatic rings. The van der Waals surface area contributed by atoms with Gasteiger partial charge in [0.1, 0.15) is 11.6 Å². The molecule has 1 N–H and O–H groups in total. The molecule has 2 amide bonds. The second kappa shape index (κ2) is 12.8. The molecule has 35 heavy (non-hydrogen) atoms. The van der Waals surface area contributed by atoms with Crippen molar-refractivity contribution in [1.29, 1.82) is 0 Å². The van der Waals surface area contributed by atoms with Crippen LogP contribution in [0.5, 0.6) is 0 Å². The van der Waals surface area contributed by atoms with Gasteiger partial charge in [-0.2, -0.15) is 0 Å². The van der Waals surface area contributed by atoms with E-state index in [1.165, 1.54) is 25.0 Å². The molecule has 0 aliphatic carbocycles. The minimum atomic E-state index is -0.677. The Morgan fingerprint density at radius 2 is 1.60 bits per heavy atom. The van der Waals surface area contributed by atoms with Crippen molar-refractivity contribution in [3.63, 3.8) is 0 Å². The molecule has 0 aromatic heterocycles. The highest BCUT2D eigenvalue weighted by atomic mass is 19.1. The second-order valence-corrected chi connectivity index (χ2v) is 9.87. The van der Waals surface area contributed by atoms with Gasteiger partial charge in [0.25, 0.3) is 5.91 Å². The molecule has 5 nitrogen and oxygen atoms in total. The fourth-order valence-electron chi connectivity index (χ4n) is 4.69. The number of fused-ring (bicyclic) bond motifs is 1. The SMILES string of the molecule is CC(=O)N1CCCCCCCN(CC(C)C)Cc2cc(C(=O)NCc3cc(F)cc(F)c3)ccc21. The maximum atomic E-state index is 13.5. The van der Waals surface area contributed by atoms with Crippen LogP contribution in [-0.4, -0.2) is 36.3 Å². The van der Waals surface area contributed by atoms with Crippen molar-refractivity contribution in [2.75, 3.05) is 24.5 Å². The first kappa shape index (κ1) is 26.8. The van der Waals surface area contributed by atoms with Crippen LogP contribution in [-0.2, 0) is 17.9 Å². The average molecular weight is 486 g/mol. The van der Waals surface area contributed by atoms with E-state index in [2.05, 4.69) is 24.1 Å². The monoisotopic (exact) mass is 485 g/mol. The maximum Gasteiger partial charge on any atom is 0.251 e. The molecule has 0 bridgehead atoms. The summed E-state index contributed by atoms with van der Waals surface area (Å²) in [6.07, 6.45) is 5.50. The summed E-state index contributed by atoms with van der Waals surface area (Å²) >= 11 is 0. The van der Waals surface area contributed by atoms with Crippen molar-refractivity contribution in [3.05, 3.63) is 64.7 Å². The molecule has 1 heterocycles. The number of amides is 2. The molecule has 0 spiro atoms. The van der Waals surface area contributed by atoms with Gasteiger partial charge in [0.2, 0.25) is 5.91 Å². The Balaban J connectivity index is 1.88. The van der Waals surface area contributed by atoms with E-state index in [9.17, 15) is 18.4 Å². The third-order valence-corrected chi connectivity index (χ3v) is 6.26. The quantitative estimate of drug-likeness (QED) is 0.594. The van der Waals surface area contributed by atoms with E-state index in [0.29, 0.717) is 30.1 Å². The van der Waals surface area contributed by atoms with Gasteiger partial charge in [-0.15, -0.1) is 0 Å². The number of nitrogens with zero attached hydrogens (tertiary/aromatic N) is 2. The highest BCUT2D eigenvalue weighted by Crippen LogP contribution is 2.26. The highest BCUT2D eigenvalue weighted by Gasteiger charge is 2.20. The summed E-state index contributed by atoms with van der Waals surface area (Å²) in [6, 6.07) is 8.64. The number of hydrogen-bond acceptors (Lipinski definition) is 3. The maximum absolute atomic E-state index is 13.5. The Morgan fingerprint density at radius 1 is 0.943 bits per heavy atom. The Hall–Kier alpha value is -2.80. The molecule has 0 atom stereocenters. The zero-order valence-electron chi connectivity index (χ0n) is 21.1. The van der Waals surface area contributed by atoms with Crippen LogP contribution in [0.25, 0.3) is 0 Å². The molecule has 0 fully saturated rings. The minimum absolute atomic E-state index is 0.0101. The molecule has 190 valence electrons. The summed E-state index contributed by atoms with van der Waals surface area (Å²) < 4.78 is 27.0. The highest BCUT2D eigenvalue weighted by molar-refractivity contribution is 5.97. The molecule has 2 aromatic carbocycles. The predicted octanol–water partition coefficient (Wildman–Crippen LogP) is 5.67. The lowest BCUT2D eigenvalue weighted by molar-refractivity contribution is -0.116. The number of nitrogens with one attached hydrogen (secondary N) is 1. The molecule has 0 radical (unpaired) electrons. The number of halogens is 2. The van der Waals surface area contributed by atoms with Gasteiger partial charge < -0.3 is 10.2 Å².